The molecule has 1 aliphatic carbocycles. The van der Waals surface area contributed by atoms with Crippen LogP contribution in [0.5, 0.6) is 0 Å². The van der Waals surface area contributed by atoms with Crippen molar-refractivity contribution in [1.29, 1.82) is 0 Å². The summed E-state index contributed by atoms with van der Waals surface area (Å²) in [6.45, 7) is 6.40. The Morgan fingerprint density at radius 3 is 2.53 bits per heavy atom. The number of hydrogen-bond donors (Lipinski definition) is 1. The molecule has 5 heteroatoms. The predicted molar refractivity (Wildman–Crippen MR) is 128 cm³/mol. The topological polar surface area (TPSA) is 54.3 Å². The molecule has 32 heavy (non-hydrogen) atoms. The number of amides is 2. The maximum atomic E-state index is 14.0. The van der Waals surface area contributed by atoms with E-state index in [0.717, 1.165) is 53.4 Å². The standard InChI is InChI=1S/C27H31N3O2/c1-18-13-14-22(19(2)15-18)30-25(31)24-16-20-9-7-8-12-23(20)29(24)17-27(30,3)26(32)28-21-10-5-4-6-11-21/h7-9,12-16,21H,4-6,10-11,17H2,1-3H3,(H,28,32). The van der Waals surface area contributed by atoms with E-state index in [-0.39, 0.29) is 17.9 Å². The molecule has 1 saturated carbocycles. The maximum Gasteiger partial charge on any atom is 0.275 e. The summed E-state index contributed by atoms with van der Waals surface area (Å²) in [6, 6.07) is 16.2. The number of rotatable bonds is 3. The highest BCUT2D eigenvalue weighted by Crippen LogP contribution is 2.37. The monoisotopic (exact) mass is 429 g/mol. The Morgan fingerprint density at radius 2 is 1.78 bits per heavy atom. The van der Waals surface area contributed by atoms with Crippen LogP contribution in [0, 0.1) is 13.8 Å². The van der Waals surface area contributed by atoms with Gasteiger partial charge in [0, 0.05) is 22.6 Å². The third-order valence-electron chi connectivity index (χ3n) is 7.22. The fraction of sp³-hybridized carbons (Fsp3) is 0.407. The summed E-state index contributed by atoms with van der Waals surface area (Å²) in [6.07, 6.45) is 5.55. The van der Waals surface area contributed by atoms with Crippen molar-refractivity contribution in [2.45, 2.75) is 71.0 Å². The van der Waals surface area contributed by atoms with Gasteiger partial charge in [0.1, 0.15) is 11.2 Å². The molecule has 1 aliphatic heterocycles. The third kappa shape index (κ3) is 3.31. The second-order valence-electron chi connectivity index (χ2n) is 9.69. The Hall–Kier alpha value is -3.08. The minimum Gasteiger partial charge on any atom is -0.351 e. The van der Waals surface area contributed by atoms with Crippen molar-refractivity contribution in [2.24, 2.45) is 0 Å². The second kappa shape index (κ2) is 7.80. The van der Waals surface area contributed by atoms with Crippen molar-refractivity contribution in [3.8, 4) is 0 Å². The number of benzene rings is 2. The third-order valence-corrected chi connectivity index (χ3v) is 7.22. The molecule has 0 radical (unpaired) electrons. The highest BCUT2D eigenvalue weighted by Gasteiger charge is 2.49. The molecule has 0 spiro atoms. The normalized spacial score (nSPS) is 21.6. The van der Waals surface area contributed by atoms with Crippen LogP contribution in [-0.4, -0.2) is 28.0 Å². The molecule has 0 bridgehead atoms. The Kier molecular flexibility index (Phi) is 5.07. The molecule has 1 aromatic heterocycles. The number of carbonyl (C=O) groups excluding carboxylic acids is 2. The van der Waals surface area contributed by atoms with Crippen molar-refractivity contribution in [3.05, 3.63) is 65.4 Å². The molecular weight excluding hydrogens is 398 g/mol. The Bertz CT molecular complexity index is 1200. The zero-order valence-electron chi connectivity index (χ0n) is 19.1. The van der Waals surface area contributed by atoms with E-state index >= 15 is 0 Å². The molecule has 1 atom stereocenters. The summed E-state index contributed by atoms with van der Waals surface area (Å²) in [5.74, 6) is -0.193. The summed E-state index contributed by atoms with van der Waals surface area (Å²) >= 11 is 0. The van der Waals surface area contributed by atoms with Crippen LogP contribution in [0.15, 0.2) is 48.5 Å². The van der Waals surface area contributed by atoms with Crippen molar-refractivity contribution in [2.75, 3.05) is 4.90 Å². The first-order valence-electron chi connectivity index (χ1n) is 11.7. The van der Waals surface area contributed by atoms with Gasteiger partial charge in [-0.1, -0.05) is 55.2 Å². The number of nitrogens with zero attached hydrogens (tertiary/aromatic N) is 2. The number of anilines is 1. The largest absolute Gasteiger partial charge is 0.351 e. The van der Waals surface area contributed by atoms with Gasteiger partial charge in [-0.2, -0.15) is 0 Å². The Morgan fingerprint density at radius 1 is 1.03 bits per heavy atom. The van der Waals surface area contributed by atoms with Crippen LogP contribution < -0.4 is 10.2 Å². The molecule has 5 rings (SSSR count). The maximum absolute atomic E-state index is 14.0. The first kappa shape index (κ1) is 20.8. The number of aromatic nitrogens is 1. The quantitative estimate of drug-likeness (QED) is 0.628. The lowest BCUT2D eigenvalue weighted by Gasteiger charge is -2.45. The molecule has 1 fully saturated rings. The smallest absolute Gasteiger partial charge is 0.275 e. The molecule has 3 aromatic rings. The highest BCUT2D eigenvalue weighted by molar-refractivity contribution is 6.14. The van der Waals surface area contributed by atoms with Gasteiger partial charge in [-0.15, -0.1) is 0 Å². The van der Waals surface area contributed by atoms with Crippen LogP contribution in [0.1, 0.15) is 60.6 Å². The number of para-hydroxylation sites is 1. The van der Waals surface area contributed by atoms with E-state index in [2.05, 4.69) is 11.4 Å². The van der Waals surface area contributed by atoms with Crippen LogP contribution in [0.3, 0.4) is 0 Å². The first-order valence-corrected chi connectivity index (χ1v) is 11.7. The zero-order valence-corrected chi connectivity index (χ0v) is 19.1. The summed E-state index contributed by atoms with van der Waals surface area (Å²) in [5.41, 5.74) is 3.54. The number of nitrogens with one attached hydrogen (secondary N) is 1. The molecule has 1 unspecified atom stereocenters. The minimum atomic E-state index is -1.02. The predicted octanol–water partition coefficient (Wildman–Crippen LogP) is 5.13. The van der Waals surface area contributed by atoms with Gasteiger partial charge in [0.15, 0.2) is 0 Å². The number of aryl methyl sites for hydroxylation is 2. The Balaban J connectivity index is 1.63. The molecule has 5 nitrogen and oxygen atoms in total. The molecule has 2 heterocycles. The van der Waals surface area contributed by atoms with Gasteiger partial charge in [-0.05, 0) is 57.4 Å². The summed E-state index contributed by atoms with van der Waals surface area (Å²) < 4.78 is 2.03. The number of fused-ring (bicyclic) bond motifs is 3. The van der Waals surface area contributed by atoms with E-state index in [9.17, 15) is 9.59 Å². The lowest BCUT2D eigenvalue weighted by atomic mass is 9.90. The van der Waals surface area contributed by atoms with Gasteiger partial charge in [-0.25, -0.2) is 0 Å². The summed E-state index contributed by atoms with van der Waals surface area (Å²) in [7, 11) is 0. The molecule has 166 valence electrons. The van der Waals surface area contributed by atoms with Gasteiger partial charge in [0.25, 0.3) is 5.91 Å². The minimum absolute atomic E-state index is 0.0684. The second-order valence-corrected chi connectivity index (χ2v) is 9.69. The van der Waals surface area contributed by atoms with Crippen LogP contribution in [-0.2, 0) is 11.3 Å². The van der Waals surface area contributed by atoms with E-state index in [4.69, 9.17) is 0 Å². The van der Waals surface area contributed by atoms with E-state index in [1.54, 1.807) is 4.90 Å². The average molecular weight is 430 g/mol. The van der Waals surface area contributed by atoms with Crippen LogP contribution in [0.25, 0.3) is 10.9 Å². The Labute approximate surface area is 189 Å². The number of carbonyl (C=O) groups is 2. The lowest BCUT2D eigenvalue weighted by molar-refractivity contribution is -0.127. The van der Waals surface area contributed by atoms with Crippen molar-refractivity contribution in [1.82, 2.24) is 9.88 Å². The van der Waals surface area contributed by atoms with Crippen molar-refractivity contribution >= 4 is 28.4 Å². The highest BCUT2D eigenvalue weighted by atomic mass is 16.2. The van der Waals surface area contributed by atoms with Gasteiger partial charge in [0.2, 0.25) is 5.91 Å². The summed E-state index contributed by atoms with van der Waals surface area (Å²) in [4.78, 5) is 29.6. The molecular formula is C27H31N3O2. The zero-order chi connectivity index (χ0) is 22.5. The van der Waals surface area contributed by atoms with Crippen LogP contribution >= 0.6 is 0 Å². The van der Waals surface area contributed by atoms with Gasteiger partial charge in [0.05, 0.1) is 6.54 Å². The van der Waals surface area contributed by atoms with Crippen LogP contribution in [0.2, 0.25) is 0 Å². The van der Waals surface area contributed by atoms with E-state index in [1.807, 2.05) is 67.8 Å². The van der Waals surface area contributed by atoms with E-state index < -0.39 is 5.54 Å². The van der Waals surface area contributed by atoms with Gasteiger partial charge < -0.3 is 9.88 Å². The summed E-state index contributed by atoms with van der Waals surface area (Å²) in [5, 5.41) is 4.33. The average Bonchev–Trinajstić information content (AvgIpc) is 3.14. The first-order chi connectivity index (χ1) is 15.4. The SMILES string of the molecule is Cc1ccc(N2C(=O)c3cc4ccccc4n3CC2(C)C(=O)NC2CCCCC2)c(C)c1. The molecule has 2 aliphatic rings. The molecule has 2 aromatic carbocycles. The molecule has 1 N–H and O–H groups in total. The lowest BCUT2D eigenvalue weighted by Crippen LogP contribution is -2.65. The van der Waals surface area contributed by atoms with E-state index in [0.29, 0.717) is 12.2 Å². The fourth-order valence-electron chi connectivity index (χ4n) is 5.47. The van der Waals surface area contributed by atoms with Gasteiger partial charge >= 0.3 is 0 Å². The van der Waals surface area contributed by atoms with Crippen molar-refractivity contribution < 1.29 is 9.59 Å². The van der Waals surface area contributed by atoms with Crippen LogP contribution in [0.4, 0.5) is 5.69 Å². The molecule has 0 saturated heterocycles. The van der Waals surface area contributed by atoms with Crippen molar-refractivity contribution in [3.63, 3.8) is 0 Å². The van der Waals surface area contributed by atoms with Gasteiger partial charge in [-0.3, -0.25) is 14.5 Å². The van der Waals surface area contributed by atoms with E-state index in [1.165, 1.54) is 6.42 Å². The fourth-order valence-corrected chi connectivity index (χ4v) is 5.47. The molecule has 2 amide bonds. The number of hydrogen-bond acceptors (Lipinski definition) is 2.